The minimum absolute atomic E-state index is 0.323. The molecule has 1 rings (SSSR count). The molecule has 0 aliphatic heterocycles. The topological polar surface area (TPSA) is 52.6 Å². The van der Waals surface area contributed by atoms with Gasteiger partial charge in [-0.1, -0.05) is 61.6 Å². The van der Waals surface area contributed by atoms with E-state index in [0.29, 0.717) is 17.7 Å². The van der Waals surface area contributed by atoms with Crippen molar-refractivity contribution in [3.05, 3.63) is 47.5 Å². The van der Waals surface area contributed by atoms with Crippen molar-refractivity contribution in [3.8, 4) is 0 Å². The van der Waals surface area contributed by atoms with Crippen LogP contribution >= 0.6 is 0 Å². The Morgan fingerprint density at radius 2 is 1.72 bits per heavy atom. The molecule has 5 heteroatoms. The number of ether oxygens (including phenoxy) is 2. The zero-order valence-corrected chi connectivity index (χ0v) is 17.2. The van der Waals surface area contributed by atoms with Gasteiger partial charge in [0.25, 0.3) is 0 Å². The molecule has 0 heterocycles. The number of allylic oxidation sites excluding steroid dienone is 2. The molecule has 0 aliphatic carbocycles. The second-order valence-electron chi connectivity index (χ2n) is 7.31. The molecule has 0 bridgehead atoms. The third-order valence-electron chi connectivity index (χ3n) is 4.30. The van der Waals surface area contributed by atoms with Crippen molar-refractivity contribution in [2.45, 2.75) is 58.5 Å². The van der Waals surface area contributed by atoms with Crippen LogP contribution in [0.3, 0.4) is 0 Å². The molecule has 0 radical (unpaired) electrons. The highest BCUT2D eigenvalue weighted by molar-refractivity contribution is 6.78. The molecule has 2 atom stereocenters. The Kier molecular flexibility index (Phi) is 8.09. The minimum Gasteiger partial charge on any atom is -0.463 e. The van der Waals surface area contributed by atoms with E-state index in [1.165, 1.54) is 12.5 Å². The van der Waals surface area contributed by atoms with Crippen LogP contribution in [0.1, 0.15) is 38.9 Å². The highest BCUT2D eigenvalue weighted by atomic mass is 28.3. The molecule has 0 amide bonds. The van der Waals surface area contributed by atoms with E-state index in [0.717, 1.165) is 6.42 Å². The number of carbonyl (C=O) groups excluding carboxylic acids is 2. The van der Waals surface area contributed by atoms with E-state index in [1.54, 1.807) is 24.3 Å². The molecule has 0 saturated carbocycles. The third-order valence-corrected chi connectivity index (χ3v) is 7.14. The van der Waals surface area contributed by atoms with Crippen LogP contribution in [0, 0.1) is 0 Å². The van der Waals surface area contributed by atoms with Crippen molar-refractivity contribution < 1.29 is 19.1 Å². The molecule has 1 aromatic carbocycles. The molecule has 0 spiro atoms. The number of rotatable bonds is 8. The fourth-order valence-electron chi connectivity index (χ4n) is 2.94. The van der Waals surface area contributed by atoms with E-state index >= 15 is 0 Å². The summed E-state index contributed by atoms with van der Waals surface area (Å²) in [6.45, 7) is 12.7. The molecule has 0 unspecified atom stereocenters. The first kappa shape index (κ1) is 21.2. The second-order valence-corrected chi connectivity index (χ2v) is 12.7. The summed E-state index contributed by atoms with van der Waals surface area (Å²) in [7, 11) is -1.40. The van der Waals surface area contributed by atoms with Crippen molar-refractivity contribution in [2.75, 3.05) is 6.61 Å². The van der Waals surface area contributed by atoms with Gasteiger partial charge >= 0.3 is 11.9 Å². The van der Waals surface area contributed by atoms with Crippen molar-refractivity contribution >= 4 is 20.0 Å². The first-order valence-electron chi connectivity index (χ1n) is 8.68. The predicted molar refractivity (Wildman–Crippen MR) is 103 cm³/mol. The molecule has 25 heavy (non-hydrogen) atoms. The molecule has 0 aliphatic rings. The minimum atomic E-state index is -1.40. The quantitative estimate of drug-likeness (QED) is 0.375. The van der Waals surface area contributed by atoms with Gasteiger partial charge in [-0.25, -0.2) is 4.79 Å². The van der Waals surface area contributed by atoms with Crippen LogP contribution in [0.5, 0.6) is 0 Å². The third kappa shape index (κ3) is 6.86. The number of hydrogen-bond acceptors (Lipinski definition) is 4. The monoisotopic (exact) mass is 362 g/mol. The molecule has 0 aromatic heterocycles. The van der Waals surface area contributed by atoms with Crippen LogP contribution in [-0.4, -0.2) is 26.6 Å². The van der Waals surface area contributed by atoms with E-state index in [9.17, 15) is 9.59 Å². The van der Waals surface area contributed by atoms with E-state index in [2.05, 4.69) is 32.6 Å². The fourth-order valence-corrected chi connectivity index (χ4v) is 5.46. The Bertz CT molecular complexity index is 602. The van der Waals surface area contributed by atoms with Gasteiger partial charge in [-0.2, -0.15) is 0 Å². The van der Waals surface area contributed by atoms with Gasteiger partial charge in [-0.05, 0) is 25.8 Å². The zero-order valence-electron chi connectivity index (χ0n) is 16.2. The van der Waals surface area contributed by atoms with Crippen LogP contribution in [0.2, 0.25) is 25.2 Å². The highest BCUT2D eigenvalue weighted by Crippen LogP contribution is 2.33. The van der Waals surface area contributed by atoms with Gasteiger partial charge in [-0.15, -0.1) is 0 Å². The van der Waals surface area contributed by atoms with E-state index in [4.69, 9.17) is 9.47 Å². The fraction of sp³-hybridized carbons (Fsp3) is 0.500. The molecule has 0 saturated heterocycles. The summed E-state index contributed by atoms with van der Waals surface area (Å²) in [5.74, 6) is -1.02. The zero-order chi connectivity index (χ0) is 19.0. The Morgan fingerprint density at radius 3 is 2.20 bits per heavy atom. The Morgan fingerprint density at radius 1 is 1.12 bits per heavy atom. The molecule has 4 nitrogen and oxygen atoms in total. The van der Waals surface area contributed by atoms with Gasteiger partial charge in [0.1, 0.15) is 0 Å². The summed E-state index contributed by atoms with van der Waals surface area (Å²) < 4.78 is 10.6. The lowest BCUT2D eigenvalue weighted by molar-refractivity contribution is -0.167. The molecule has 0 fully saturated rings. The Labute approximate surface area is 152 Å². The van der Waals surface area contributed by atoms with Crippen molar-refractivity contribution in [1.82, 2.24) is 0 Å². The first-order chi connectivity index (χ1) is 11.7. The molecular weight excluding hydrogens is 332 g/mol. The van der Waals surface area contributed by atoms with Crippen molar-refractivity contribution in [3.63, 3.8) is 0 Å². The average molecular weight is 363 g/mol. The largest absolute Gasteiger partial charge is 0.463 e. The lowest BCUT2D eigenvalue weighted by Crippen LogP contribution is -2.30. The maximum absolute atomic E-state index is 12.4. The number of carbonyl (C=O) groups is 2. The van der Waals surface area contributed by atoms with Gasteiger partial charge < -0.3 is 9.47 Å². The maximum Gasteiger partial charge on any atom is 0.352 e. The van der Waals surface area contributed by atoms with Gasteiger partial charge in [0.05, 0.1) is 14.7 Å². The molecular formula is C20H30O4Si. The second kappa shape index (κ2) is 9.56. The summed E-state index contributed by atoms with van der Waals surface area (Å²) in [6, 6.07) is 8.96. The average Bonchev–Trinajstić information content (AvgIpc) is 2.55. The van der Waals surface area contributed by atoms with Crippen LogP contribution in [0.15, 0.2) is 42.0 Å². The van der Waals surface area contributed by atoms with Crippen LogP contribution in [-0.2, 0) is 19.1 Å². The van der Waals surface area contributed by atoms with Gasteiger partial charge in [0.2, 0.25) is 6.10 Å². The SMILES string of the molecule is C/C=C(\C)[C@@H](CCOC(=O)[C@@H](OC(C)=O)c1ccccc1)[Si](C)(C)C. The molecule has 138 valence electrons. The van der Waals surface area contributed by atoms with Crippen LogP contribution < -0.4 is 0 Å². The van der Waals surface area contributed by atoms with E-state index in [1.807, 2.05) is 13.0 Å². The Balaban J connectivity index is 2.76. The number of esters is 2. The normalized spacial score (nSPS) is 14.6. The lowest BCUT2D eigenvalue weighted by atomic mass is 10.1. The summed E-state index contributed by atoms with van der Waals surface area (Å²) in [5, 5.41) is 0. The Hall–Kier alpha value is -1.88. The van der Waals surface area contributed by atoms with Gasteiger partial charge in [0.15, 0.2) is 0 Å². The predicted octanol–water partition coefficient (Wildman–Crippen LogP) is 4.90. The van der Waals surface area contributed by atoms with E-state index < -0.39 is 26.1 Å². The highest BCUT2D eigenvalue weighted by Gasteiger charge is 2.29. The standard InChI is InChI=1S/C20H30O4Si/c1-7-15(2)18(25(4,5)6)13-14-23-20(22)19(24-16(3)21)17-11-9-8-10-12-17/h7-12,18-19H,13-14H2,1-6H3/b15-7+/t18-,19+/m1/s1. The number of hydrogen-bond donors (Lipinski definition) is 0. The summed E-state index contributed by atoms with van der Waals surface area (Å²) >= 11 is 0. The maximum atomic E-state index is 12.4. The summed E-state index contributed by atoms with van der Waals surface area (Å²) in [6.07, 6.45) is 1.92. The summed E-state index contributed by atoms with van der Waals surface area (Å²) in [5.41, 5.74) is 2.41. The molecule has 0 N–H and O–H groups in total. The summed E-state index contributed by atoms with van der Waals surface area (Å²) in [4.78, 5) is 23.8. The van der Waals surface area contributed by atoms with Gasteiger partial charge in [-0.3, -0.25) is 4.79 Å². The van der Waals surface area contributed by atoms with Crippen LogP contribution in [0.4, 0.5) is 0 Å². The first-order valence-corrected chi connectivity index (χ1v) is 12.3. The lowest BCUT2D eigenvalue weighted by Gasteiger charge is -2.30. The van der Waals surface area contributed by atoms with Gasteiger partial charge in [0, 0.05) is 12.5 Å². The smallest absolute Gasteiger partial charge is 0.352 e. The molecule has 1 aromatic rings. The van der Waals surface area contributed by atoms with E-state index in [-0.39, 0.29) is 0 Å². The van der Waals surface area contributed by atoms with Crippen molar-refractivity contribution in [1.29, 1.82) is 0 Å². The van der Waals surface area contributed by atoms with Crippen molar-refractivity contribution in [2.24, 2.45) is 0 Å². The number of benzene rings is 1. The van der Waals surface area contributed by atoms with Crippen LogP contribution in [0.25, 0.3) is 0 Å².